The quantitative estimate of drug-likeness (QED) is 0.596. The lowest BCUT2D eigenvalue weighted by Gasteiger charge is -2.22. The minimum absolute atomic E-state index is 0.187. The first-order chi connectivity index (χ1) is 7.73. The van der Waals surface area contributed by atoms with Crippen molar-refractivity contribution >= 4 is 11.9 Å². The molecule has 0 fully saturated rings. The molecule has 0 saturated heterocycles. The molecule has 100 valence electrons. The Labute approximate surface area is 103 Å². The number of amides is 1. The van der Waals surface area contributed by atoms with Crippen LogP contribution in [-0.2, 0) is 9.59 Å². The second kappa shape index (κ2) is 7.27. The molecular weight excluding hydrogens is 220 g/mol. The van der Waals surface area contributed by atoms with Crippen LogP contribution in [0.3, 0.4) is 0 Å². The van der Waals surface area contributed by atoms with Crippen LogP contribution in [0.2, 0.25) is 0 Å². The van der Waals surface area contributed by atoms with Crippen LogP contribution >= 0.6 is 0 Å². The van der Waals surface area contributed by atoms with E-state index < -0.39 is 18.1 Å². The summed E-state index contributed by atoms with van der Waals surface area (Å²) >= 11 is 0. The van der Waals surface area contributed by atoms with Gasteiger partial charge in [0.15, 0.2) is 6.04 Å². The molecule has 0 rings (SSSR count). The lowest BCUT2D eigenvalue weighted by atomic mass is 10.0. The summed E-state index contributed by atoms with van der Waals surface area (Å²) in [5, 5.41) is 13.4. The van der Waals surface area contributed by atoms with Gasteiger partial charge in [-0.05, 0) is 18.3 Å². The molecule has 17 heavy (non-hydrogen) atoms. The predicted molar refractivity (Wildman–Crippen MR) is 62.5 cm³/mol. The minimum Gasteiger partial charge on any atom is -0.548 e. The highest BCUT2D eigenvalue weighted by molar-refractivity contribution is 5.85. The standard InChI is InChI=1S/C12H24N2O3/c1-7(2)5-9(13)11(15)14-10(12(16)17)6-8(3)4/h7-10H,5-6,13H2,1-4H3,(H,14,15)(H,16,17)/t9-,10-/m0/s1. The molecule has 0 unspecified atom stereocenters. The van der Waals surface area contributed by atoms with E-state index in [1.807, 2.05) is 27.7 Å². The smallest absolute Gasteiger partial charge is 0.278 e. The van der Waals surface area contributed by atoms with Crippen molar-refractivity contribution < 1.29 is 20.4 Å². The summed E-state index contributed by atoms with van der Waals surface area (Å²) in [7, 11) is 0. The molecule has 0 heterocycles. The van der Waals surface area contributed by atoms with Gasteiger partial charge in [-0.2, -0.15) is 0 Å². The Kier molecular flexibility index (Phi) is 6.80. The topological polar surface area (TPSA) is 96.9 Å². The molecule has 0 aliphatic heterocycles. The molecule has 0 aromatic heterocycles. The maximum Gasteiger partial charge on any atom is 0.278 e. The van der Waals surface area contributed by atoms with Crippen LogP contribution < -0.4 is 16.2 Å². The highest BCUT2D eigenvalue weighted by Crippen LogP contribution is 2.06. The van der Waals surface area contributed by atoms with Crippen molar-refractivity contribution in [3.8, 4) is 0 Å². The van der Waals surface area contributed by atoms with Crippen LogP contribution in [0.1, 0.15) is 40.5 Å². The van der Waals surface area contributed by atoms with E-state index >= 15 is 0 Å². The second-order valence-electron chi connectivity index (χ2n) is 5.34. The molecule has 0 spiro atoms. The molecule has 0 bridgehead atoms. The average Bonchev–Trinajstić information content (AvgIpc) is 2.14. The maximum absolute atomic E-state index is 11.7. The van der Waals surface area contributed by atoms with Gasteiger partial charge < -0.3 is 21.0 Å². The zero-order valence-electron chi connectivity index (χ0n) is 11.2. The number of carboxylic acids is 1. The van der Waals surface area contributed by atoms with Crippen molar-refractivity contribution in [3.63, 3.8) is 0 Å². The number of carbonyl (C=O) groups is 2. The molecule has 5 nitrogen and oxygen atoms in total. The van der Waals surface area contributed by atoms with Crippen LogP contribution in [0.15, 0.2) is 0 Å². The summed E-state index contributed by atoms with van der Waals surface area (Å²) in [6, 6.07) is -1.33. The first-order valence-electron chi connectivity index (χ1n) is 6.08. The Hall–Kier alpha value is -1.10. The number of hydrogen-bond donors (Lipinski definition) is 2. The molecule has 0 aliphatic rings. The van der Waals surface area contributed by atoms with Gasteiger partial charge in [0.05, 0.1) is 12.0 Å². The van der Waals surface area contributed by atoms with Crippen molar-refractivity contribution in [3.05, 3.63) is 0 Å². The highest BCUT2D eigenvalue weighted by Gasteiger charge is 2.22. The fourth-order valence-corrected chi connectivity index (χ4v) is 1.65. The normalized spacial score (nSPS) is 14.8. The van der Waals surface area contributed by atoms with E-state index in [-0.39, 0.29) is 11.8 Å². The number of carbonyl (C=O) groups excluding carboxylic acids is 2. The fourth-order valence-electron chi connectivity index (χ4n) is 1.65. The number of carboxylic acid groups (broad SMARTS) is 1. The van der Waals surface area contributed by atoms with E-state index in [4.69, 9.17) is 0 Å². The second-order valence-corrected chi connectivity index (χ2v) is 5.34. The zero-order chi connectivity index (χ0) is 13.6. The van der Waals surface area contributed by atoms with Gasteiger partial charge in [0, 0.05) is 6.42 Å². The third-order valence-electron chi connectivity index (χ3n) is 2.43. The Bertz CT molecular complexity index is 264. The minimum atomic E-state index is -1.23. The highest BCUT2D eigenvalue weighted by atomic mass is 16.4. The summed E-state index contributed by atoms with van der Waals surface area (Å²) in [6.45, 7) is 7.79. The molecule has 2 atom stereocenters. The molecule has 5 heteroatoms. The summed E-state index contributed by atoms with van der Waals surface area (Å²) in [4.78, 5) is 22.6. The molecule has 4 N–H and O–H groups in total. The van der Waals surface area contributed by atoms with Crippen LogP contribution in [0.5, 0.6) is 0 Å². The summed E-state index contributed by atoms with van der Waals surface area (Å²) in [5.41, 5.74) is 3.74. The summed E-state index contributed by atoms with van der Waals surface area (Å²) in [6.07, 6.45) is 1.02. The van der Waals surface area contributed by atoms with Gasteiger partial charge in [-0.15, -0.1) is 0 Å². The van der Waals surface area contributed by atoms with Gasteiger partial charge in [0.2, 0.25) is 0 Å². The molecule has 0 aliphatic carbocycles. The van der Waals surface area contributed by atoms with Crippen LogP contribution in [0.25, 0.3) is 0 Å². The zero-order valence-corrected chi connectivity index (χ0v) is 11.2. The summed E-state index contributed by atoms with van der Waals surface area (Å²) < 4.78 is 0. The van der Waals surface area contributed by atoms with Crippen molar-refractivity contribution in [2.24, 2.45) is 11.8 Å². The Morgan fingerprint density at radius 1 is 1.12 bits per heavy atom. The van der Waals surface area contributed by atoms with Gasteiger partial charge in [-0.3, -0.25) is 4.79 Å². The predicted octanol–water partition coefficient (Wildman–Crippen LogP) is -1.08. The van der Waals surface area contributed by atoms with Crippen LogP contribution in [0, 0.1) is 11.8 Å². The van der Waals surface area contributed by atoms with Gasteiger partial charge in [-0.25, -0.2) is 0 Å². The molecule has 1 amide bonds. The van der Waals surface area contributed by atoms with Crippen LogP contribution in [0.4, 0.5) is 0 Å². The monoisotopic (exact) mass is 244 g/mol. The molecule has 0 aromatic carbocycles. The van der Waals surface area contributed by atoms with E-state index in [9.17, 15) is 14.7 Å². The first-order valence-corrected chi connectivity index (χ1v) is 6.08. The van der Waals surface area contributed by atoms with E-state index in [1.54, 1.807) is 0 Å². The van der Waals surface area contributed by atoms with Crippen molar-refractivity contribution in [1.29, 1.82) is 0 Å². The maximum atomic E-state index is 11.7. The Morgan fingerprint density at radius 2 is 1.59 bits per heavy atom. The SMILES string of the molecule is CC(C)C[C@H](NC(=O)[C@@H]([NH3+])CC(C)C)C(=O)[O-]. The fraction of sp³-hybridized carbons (Fsp3) is 0.833. The molecule has 0 aromatic rings. The van der Waals surface area contributed by atoms with E-state index in [0.29, 0.717) is 18.8 Å². The largest absolute Gasteiger partial charge is 0.548 e. The number of rotatable bonds is 7. The Balaban J connectivity index is 4.35. The van der Waals surface area contributed by atoms with E-state index in [1.165, 1.54) is 0 Å². The van der Waals surface area contributed by atoms with E-state index in [0.717, 1.165) is 0 Å². The number of nitrogens with one attached hydrogen (secondary N) is 1. The Morgan fingerprint density at radius 3 is 1.94 bits per heavy atom. The average molecular weight is 244 g/mol. The molecular formula is C12H24N2O3. The third-order valence-corrected chi connectivity index (χ3v) is 2.43. The molecule has 0 radical (unpaired) electrons. The van der Waals surface area contributed by atoms with Crippen molar-refractivity contribution in [2.75, 3.05) is 0 Å². The van der Waals surface area contributed by atoms with Gasteiger partial charge >= 0.3 is 0 Å². The van der Waals surface area contributed by atoms with Gasteiger partial charge in [-0.1, -0.05) is 27.7 Å². The van der Waals surface area contributed by atoms with E-state index in [2.05, 4.69) is 11.1 Å². The third kappa shape index (κ3) is 6.94. The first kappa shape index (κ1) is 15.9. The lowest BCUT2D eigenvalue weighted by Crippen LogP contribution is -2.69. The van der Waals surface area contributed by atoms with Crippen molar-refractivity contribution in [1.82, 2.24) is 5.32 Å². The number of quaternary nitrogens is 1. The van der Waals surface area contributed by atoms with Crippen molar-refractivity contribution in [2.45, 2.75) is 52.6 Å². The number of aliphatic carboxylic acids is 1. The van der Waals surface area contributed by atoms with Gasteiger partial charge in [0.25, 0.3) is 5.91 Å². The number of hydrogen-bond acceptors (Lipinski definition) is 3. The summed E-state index contributed by atoms with van der Waals surface area (Å²) in [5.74, 6) is -1.00. The lowest BCUT2D eigenvalue weighted by molar-refractivity contribution is -0.406. The van der Waals surface area contributed by atoms with Gasteiger partial charge in [0.1, 0.15) is 0 Å². The van der Waals surface area contributed by atoms with Crippen LogP contribution in [-0.4, -0.2) is 24.0 Å². The molecule has 0 saturated carbocycles.